The molecule has 6 heteroatoms. The molecule has 0 heterocycles. The number of carbonyl (C=O) groups is 1. The molecule has 21 heavy (non-hydrogen) atoms. The molecular weight excluding hydrogens is 277 g/mol. The van der Waals surface area contributed by atoms with E-state index in [2.05, 4.69) is 0 Å². The summed E-state index contributed by atoms with van der Waals surface area (Å²) in [7, 11) is 0. The maximum atomic E-state index is 13.7. The first-order valence-corrected chi connectivity index (χ1v) is 7.04. The standard InChI is InChI=1S/C15H18FNO4/c1-2-10-5-6-15(8-10,14(18)19)9-11-3-4-13(17(20)21)12(16)7-11/h3-4,7,10H,2,5-6,8-9H2,1H3,(H,18,19). The molecule has 1 aromatic carbocycles. The molecule has 2 unspecified atom stereocenters. The molecule has 0 bridgehead atoms. The Hall–Kier alpha value is -1.98. The van der Waals surface area contributed by atoms with E-state index in [4.69, 9.17) is 0 Å². The van der Waals surface area contributed by atoms with E-state index in [-0.39, 0.29) is 6.42 Å². The highest BCUT2D eigenvalue weighted by Gasteiger charge is 2.44. The second-order valence-electron chi connectivity index (χ2n) is 5.82. The summed E-state index contributed by atoms with van der Waals surface area (Å²) in [5.41, 5.74) is -0.957. The molecule has 0 amide bonds. The van der Waals surface area contributed by atoms with Gasteiger partial charge in [0.25, 0.3) is 0 Å². The van der Waals surface area contributed by atoms with Gasteiger partial charge in [-0.05, 0) is 43.2 Å². The molecular formula is C15H18FNO4. The number of nitro benzene ring substituents is 1. The number of hydrogen-bond donors (Lipinski definition) is 1. The van der Waals surface area contributed by atoms with Crippen LogP contribution in [0.2, 0.25) is 0 Å². The lowest BCUT2D eigenvalue weighted by Crippen LogP contribution is -2.30. The van der Waals surface area contributed by atoms with Crippen LogP contribution in [0.1, 0.15) is 38.2 Å². The molecule has 1 saturated carbocycles. The largest absolute Gasteiger partial charge is 0.481 e. The van der Waals surface area contributed by atoms with Crippen LogP contribution in [0, 0.1) is 27.3 Å². The highest BCUT2D eigenvalue weighted by atomic mass is 19.1. The predicted molar refractivity (Wildman–Crippen MR) is 74.5 cm³/mol. The van der Waals surface area contributed by atoms with Gasteiger partial charge in [-0.3, -0.25) is 14.9 Å². The summed E-state index contributed by atoms with van der Waals surface area (Å²) in [6, 6.07) is 3.64. The van der Waals surface area contributed by atoms with Crippen molar-refractivity contribution in [2.75, 3.05) is 0 Å². The van der Waals surface area contributed by atoms with Gasteiger partial charge in [-0.25, -0.2) is 0 Å². The van der Waals surface area contributed by atoms with E-state index in [9.17, 15) is 24.4 Å². The third-order valence-corrected chi connectivity index (χ3v) is 4.49. The minimum absolute atomic E-state index is 0.216. The SMILES string of the molecule is CCC1CCC(Cc2ccc([N+](=O)[O-])c(F)c2)(C(=O)O)C1. The van der Waals surface area contributed by atoms with E-state index in [0.717, 1.165) is 25.0 Å². The number of rotatable bonds is 5. The van der Waals surface area contributed by atoms with Crippen molar-refractivity contribution in [2.24, 2.45) is 11.3 Å². The molecule has 0 aromatic heterocycles. The van der Waals surface area contributed by atoms with Crippen molar-refractivity contribution >= 4 is 11.7 Å². The van der Waals surface area contributed by atoms with Crippen LogP contribution in [0.25, 0.3) is 0 Å². The predicted octanol–water partition coefficient (Wildman–Crippen LogP) is 3.56. The summed E-state index contributed by atoms with van der Waals surface area (Å²) in [5.74, 6) is -1.40. The van der Waals surface area contributed by atoms with Gasteiger partial charge in [-0.1, -0.05) is 19.4 Å². The van der Waals surface area contributed by atoms with Crippen molar-refractivity contribution in [1.29, 1.82) is 0 Å². The van der Waals surface area contributed by atoms with Crippen LogP contribution in [-0.4, -0.2) is 16.0 Å². The van der Waals surface area contributed by atoms with Gasteiger partial charge in [-0.2, -0.15) is 4.39 Å². The molecule has 0 saturated heterocycles. The van der Waals surface area contributed by atoms with Gasteiger partial charge >= 0.3 is 11.7 Å². The quantitative estimate of drug-likeness (QED) is 0.665. The van der Waals surface area contributed by atoms with Crippen molar-refractivity contribution in [3.63, 3.8) is 0 Å². The second kappa shape index (κ2) is 5.79. The van der Waals surface area contributed by atoms with Crippen LogP contribution in [0.4, 0.5) is 10.1 Å². The van der Waals surface area contributed by atoms with Gasteiger partial charge in [0.15, 0.2) is 0 Å². The van der Waals surface area contributed by atoms with E-state index in [0.29, 0.717) is 24.3 Å². The van der Waals surface area contributed by atoms with Crippen molar-refractivity contribution < 1.29 is 19.2 Å². The van der Waals surface area contributed by atoms with Gasteiger partial charge in [0.1, 0.15) is 0 Å². The van der Waals surface area contributed by atoms with Crippen LogP contribution < -0.4 is 0 Å². The molecule has 2 atom stereocenters. The second-order valence-corrected chi connectivity index (χ2v) is 5.82. The average molecular weight is 295 g/mol. The van der Waals surface area contributed by atoms with E-state index in [1.54, 1.807) is 0 Å². The molecule has 0 spiro atoms. The number of halogens is 1. The number of nitro groups is 1. The van der Waals surface area contributed by atoms with Gasteiger partial charge in [0.2, 0.25) is 5.82 Å². The Balaban J connectivity index is 2.24. The molecule has 5 nitrogen and oxygen atoms in total. The van der Waals surface area contributed by atoms with Gasteiger partial charge in [-0.15, -0.1) is 0 Å². The van der Waals surface area contributed by atoms with Crippen LogP contribution in [0.3, 0.4) is 0 Å². The van der Waals surface area contributed by atoms with Crippen molar-refractivity contribution in [2.45, 2.75) is 39.0 Å². The normalized spacial score (nSPS) is 25.0. The Labute approximate surface area is 121 Å². The molecule has 114 valence electrons. The topological polar surface area (TPSA) is 80.4 Å². The average Bonchev–Trinajstić information content (AvgIpc) is 2.83. The van der Waals surface area contributed by atoms with E-state index < -0.39 is 27.8 Å². The minimum Gasteiger partial charge on any atom is -0.481 e. The maximum absolute atomic E-state index is 13.7. The molecule has 1 fully saturated rings. The minimum atomic E-state index is -0.914. The van der Waals surface area contributed by atoms with Gasteiger partial charge < -0.3 is 5.11 Å². The summed E-state index contributed by atoms with van der Waals surface area (Å²) in [5, 5.41) is 20.2. The summed E-state index contributed by atoms with van der Waals surface area (Å²) >= 11 is 0. The molecule has 1 N–H and O–H groups in total. The van der Waals surface area contributed by atoms with Crippen LogP contribution >= 0.6 is 0 Å². The zero-order valence-corrected chi connectivity index (χ0v) is 11.8. The number of benzene rings is 1. The first kappa shape index (κ1) is 15.4. The van der Waals surface area contributed by atoms with Crippen molar-refractivity contribution in [3.05, 3.63) is 39.7 Å². The first-order valence-electron chi connectivity index (χ1n) is 7.04. The fourth-order valence-electron chi connectivity index (χ4n) is 3.22. The Morgan fingerprint density at radius 1 is 1.57 bits per heavy atom. The lowest BCUT2D eigenvalue weighted by molar-refractivity contribution is -0.387. The number of hydrogen-bond acceptors (Lipinski definition) is 3. The van der Waals surface area contributed by atoms with Crippen LogP contribution in [0.5, 0.6) is 0 Å². The maximum Gasteiger partial charge on any atom is 0.309 e. The lowest BCUT2D eigenvalue weighted by Gasteiger charge is -2.24. The molecule has 2 rings (SSSR count). The smallest absolute Gasteiger partial charge is 0.309 e. The molecule has 1 aromatic rings. The summed E-state index contributed by atoms with van der Waals surface area (Å²) in [6.07, 6.45) is 3.16. The van der Waals surface area contributed by atoms with Gasteiger partial charge in [0.05, 0.1) is 10.3 Å². The number of carboxylic acids is 1. The number of aliphatic carboxylic acids is 1. The Kier molecular flexibility index (Phi) is 4.25. The molecule has 1 aliphatic rings. The summed E-state index contributed by atoms with van der Waals surface area (Å²) < 4.78 is 13.7. The fraction of sp³-hybridized carbons (Fsp3) is 0.533. The van der Waals surface area contributed by atoms with Crippen LogP contribution in [0.15, 0.2) is 18.2 Å². The van der Waals surface area contributed by atoms with E-state index in [1.807, 2.05) is 6.92 Å². The first-order chi connectivity index (χ1) is 9.88. The highest BCUT2D eigenvalue weighted by Crippen LogP contribution is 2.45. The number of nitrogens with zero attached hydrogens (tertiary/aromatic N) is 1. The monoisotopic (exact) mass is 295 g/mol. The summed E-state index contributed by atoms with van der Waals surface area (Å²) in [6.45, 7) is 2.04. The van der Waals surface area contributed by atoms with E-state index >= 15 is 0 Å². The fourth-order valence-corrected chi connectivity index (χ4v) is 3.22. The summed E-state index contributed by atoms with van der Waals surface area (Å²) in [4.78, 5) is 21.5. The van der Waals surface area contributed by atoms with Crippen LogP contribution in [-0.2, 0) is 11.2 Å². The molecule has 0 radical (unpaired) electrons. The zero-order valence-electron chi connectivity index (χ0n) is 11.8. The third kappa shape index (κ3) is 3.04. The van der Waals surface area contributed by atoms with Crippen molar-refractivity contribution in [3.8, 4) is 0 Å². The van der Waals surface area contributed by atoms with Gasteiger partial charge in [0, 0.05) is 6.07 Å². The molecule has 0 aliphatic heterocycles. The Bertz CT molecular complexity index is 575. The van der Waals surface area contributed by atoms with E-state index in [1.165, 1.54) is 6.07 Å². The Morgan fingerprint density at radius 3 is 2.76 bits per heavy atom. The zero-order chi connectivity index (χ0) is 15.6. The Morgan fingerprint density at radius 2 is 2.29 bits per heavy atom. The van der Waals surface area contributed by atoms with Crippen molar-refractivity contribution in [1.82, 2.24) is 0 Å². The lowest BCUT2D eigenvalue weighted by atomic mass is 9.79. The molecule has 1 aliphatic carbocycles. The number of carboxylic acid groups (broad SMARTS) is 1. The highest BCUT2D eigenvalue weighted by molar-refractivity contribution is 5.75. The third-order valence-electron chi connectivity index (χ3n) is 4.49.